The number of nitrogens with one attached hydrogen (secondary N) is 1. The summed E-state index contributed by atoms with van der Waals surface area (Å²) in [5.74, 6) is 1.41. The molecule has 1 rings (SSSR count). The fourth-order valence-corrected chi connectivity index (χ4v) is 1.94. The summed E-state index contributed by atoms with van der Waals surface area (Å²) < 4.78 is 0. The lowest BCUT2D eigenvalue weighted by atomic mass is 10.0. The summed E-state index contributed by atoms with van der Waals surface area (Å²) in [4.78, 5) is 2.54. The first kappa shape index (κ1) is 12.7. The molecule has 2 heteroatoms. The van der Waals surface area contributed by atoms with Crippen LogP contribution in [0.15, 0.2) is 12.2 Å². The Hall–Kier alpha value is -0.340. The molecule has 2 nitrogen and oxygen atoms in total. The summed E-state index contributed by atoms with van der Waals surface area (Å²) in [5.41, 5.74) is 0. The van der Waals surface area contributed by atoms with E-state index < -0.39 is 0 Å². The SMILES string of the molecule is CC(C)/C=C/CN1CCN[C@@H](C(C)C)C1. The van der Waals surface area contributed by atoms with Crippen molar-refractivity contribution in [2.75, 3.05) is 26.2 Å². The quantitative estimate of drug-likeness (QED) is 0.715. The topological polar surface area (TPSA) is 15.3 Å². The van der Waals surface area contributed by atoms with E-state index in [0.29, 0.717) is 12.0 Å². The van der Waals surface area contributed by atoms with Crippen molar-refractivity contribution in [2.24, 2.45) is 11.8 Å². The van der Waals surface area contributed by atoms with Gasteiger partial charge in [0.05, 0.1) is 0 Å². The monoisotopic (exact) mass is 210 g/mol. The van der Waals surface area contributed by atoms with Crippen LogP contribution in [0, 0.1) is 11.8 Å². The van der Waals surface area contributed by atoms with Crippen molar-refractivity contribution in [1.82, 2.24) is 10.2 Å². The van der Waals surface area contributed by atoms with Crippen LogP contribution in [0.25, 0.3) is 0 Å². The second-order valence-electron chi connectivity index (χ2n) is 5.24. The fraction of sp³-hybridized carbons (Fsp3) is 0.846. The molecule has 1 fully saturated rings. The number of piperazine rings is 1. The average Bonchev–Trinajstić information content (AvgIpc) is 2.17. The van der Waals surface area contributed by atoms with Gasteiger partial charge in [0, 0.05) is 32.2 Å². The highest BCUT2D eigenvalue weighted by Gasteiger charge is 2.20. The lowest BCUT2D eigenvalue weighted by Crippen LogP contribution is -2.52. The number of rotatable bonds is 4. The van der Waals surface area contributed by atoms with Gasteiger partial charge in [-0.1, -0.05) is 39.8 Å². The van der Waals surface area contributed by atoms with Gasteiger partial charge in [0.25, 0.3) is 0 Å². The van der Waals surface area contributed by atoms with Crippen molar-refractivity contribution in [3.05, 3.63) is 12.2 Å². The zero-order chi connectivity index (χ0) is 11.3. The maximum absolute atomic E-state index is 3.58. The molecule has 1 N–H and O–H groups in total. The molecule has 0 saturated carbocycles. The molecule has 0 spiro atoms. The molecule has 0 aromatic heterocycles. The van der Waals surface area contributed by atoms with Crippen molar-refractivity contribution in [1.29, 1.82) is 0 Å². The van der Waals surface area contributed by atoms with Crippen LogP contribution >= 0.6 is 0 Å². The van der Waals surface area contributed by atoms with E-state index in [4.69, 9.17) is 0 Å². The first-order chi connectivity index (χ1) is 7.09. The van der Waals surface area contributed by atoms with Crippen molar-refractivity contribution >= 4 is 0 Å². The van der Waals surface area contributed by atoms with Crippen LogP contribution in [0.4, 0.5) is 0 Å². The number of nitrogens with zero attached hydrogens (tertiary/aromatic N) is 1. The van der Waals surface area contributed by atoms with E-state index in [1.807, 2.05) is 0 Å². The zero-order valence-electron chi connectivity index (χ0n) is 10.7. The number of hydrogen-bond donors (Lipinski definition) is 1. The van der Waals surface area contributed by atoms with Gasteiger partial charge < -0.3 is 5.32 Å². The van der Waals surface area contributed by atoms with Crippen LogP contribution in [-0.2, 0) is 0 Å². The summed E-state index contributed by atoms with van der Waals surface area (Å²) in [6.45, 7) is 13.7. The molecule has 1 aliphatic heterocycles. The Morgan fingerprint density at radius 3 is 2.67 bits per heavy atom. The van der Waals surface area contributed by atoms with Crippen molar-refractivity contribution < 1.29 is 0 Å². The molecule has 1 atom stereocenters. The van der Waals surface area contributed by atoms with Crippen molar-refractivity contribution in [3.63, 3.8) is 0 Å². The largest absolute Gasteiger partial charge is 0.311 e. The minimum atomic E-state index is 0.672. The maximum Gasteiger partial charge on any atom is 0.0218 e. The summed E-state index contributed by atoms with van der Waals surface area (Å²) in [6.07, 6.45) is 4.61. The average molecular weight is 210 g/mol. The second-order valence-corrected chi connectivity index (χ2v) is 5.24. The van der Waals surface area contributed by atoms with Gasteiger partial charge >= 0.3 is 0 Å². The van der Waals surface area contributed by atoms with Crippen LogP contribution in [0.3, 0.4) is 0 Å². The highest BCUT2D eigenvalue weighted by Crippen LogP contribution is 2.08. The Kier molecular flexibility index (Phi) is 5.34. The molecule has 0 unspecified atom stereocenters. The highest BCUT2D eigenvalue weighted by molar-refractivity contribution is 4.90. The van der Waals surface area contributed by atoms with E-state index in [0.717, 1.165) is 19.0 Å². The van der Waals surface area contributed by atoms with Gasteiger partial charge in [-0.15, -0.1) is 0 Å². The van der Waals surface area contributed by atoms with Crippen molar-refractivity contribution in [2.45, 2.75) is 33.7 Å². The Morgan fingerprint density at radius 2 is 2.07 bits per heavy atom. The third-order valence-corrected chi connectivity index (χ3v) is 2.98. The molecule has 1 heterocycles. The summed E-state index contributed by atoms with van der Waals surface area (Å²) in [7, 11) is 0. The highest BCUT2D eigenvalue weighted by atomic mass is 15.2. The molecule has 0 aromatic rings. The van der Waals surface area contributed by atoms with Gasteiger partial charge in [-0.05, 0) is 11.8 Å². The molecule has 0 aliphatic carbocycles. The summed E-state index contributed by atoms with van der Waals surface area (Å²) >= 11 is 0. The van der Waals surface area contributed by atoms with Gasteiger partial charge in [-0.3, -0.25) is 4.90 Å². The first-order valence-electron chi connectivity index (χ1n) is 6.22. The van der Waals surface area contributed by atoms with Crippen LogP contribution < -0.4 is 5.32 Å². The Bertz CT molecular complexity index is 197. The van der Waals surface area contributed by atoms with Gasteiger partial charge in [-0.25, -0.2) is 0 Å². The van der Waals surface area contributed by atoms with Crippen LogP contribution in [-0.4, -0.2) is 37.1 Å². The predicted molar refractivity (Wildman–Crippen MR) is 67.0 cm³/mol. The molecule has 1 aliphatic rings. The first-order valence-corrected chi connectivity index (χ1v) is 6.22. The minimum Gasteiger partial charge on any atom is -0.311 e. The number of allylic oxidation sites excluding steroid dienone is 1. The van der Waals surface area contributed by atoms with E-state index in [9.17, 15) is 0 Å². The third kappa shape index (κ3) is 4.80. The molecule has 0 bridgehead atoms. The summed E-state index contributed by atoms with van der Waals surface area (Å²) in [5, 5.41) is 3.58. The van der Waals surface area contributed by atoms with E-state index in [1.165, 1.54) is 13.1 Å². The van der Waals surface area contributed by atoms with E-state index in [-0.39, 0.29) is 0 Å². The molecule has 1 saturated heterocycles. The lowest BCUT2D eigenvalue weighted by Gasteiger charge is -2.35. The van der Waals surface area contributed by atoms with Crippen LogP contribution in [0.5, 0.6) is 0 Å². The Balaban J connectivity index is 2.30. The molecule has 0 aromatic carbocycles. The minimum absolute atomic E-state index is 0.672. The van der Waals surface area contributed by atoms with E-state index in [2.05, 4.69) is 50.1 Å². The molecule has 0 amide bonds. The molecular weight excluding hydrogens is 184 g/mol. The molecule has 0 radical (unpaired) electrons. The van der Waals surface area contributed by atoms with Gasteiger partial charge in [-0.2, -0.15) is 0 Å². The van der Waals surface area contributed by atoms with Crippen molar-refractivity contribution in [3.8, 4) is 0 Å². The smallest absolute Gasteiger partial charge is 0.0218 e. The molecule has 88 valence electrons. The zero-order valence-corrected chi connectivity index (χ0v) is 10.7. The Labute approximate surface area is 94.7 Å². The van der Waals surface area contributed by atoms with E-state index >= 15 is 0 Å². The molecule has 15 heavy (non-hydrogen) atoms. The predicted octanol–water partition coefficient (Wildman–Crippen LogP) is 2.13. The summed E-state index contributed by atoms with van der Waals surface area (Å²) in [6, 6.07) is 0.672. The second kappa shape index (κ2) is 6.29. The fourth-order valence-electron chi connectivity index (χ4n) is 1.94. The van der Waals surface area contributed by atoms with Gasteiger partial charge in [0.15, 0.2) is 0 Å². The van der Waals surface area contributed by atoms with Crippen LogP contribution in [0.2, 0.25) is 0 Å². The Morgan fingerprint density at radius 1 is 1.33 bits per heavy atom. The lowest BCUT2D eigenvalue weighted by molar-refractivity contribution is 0.190. The maximum atomic E-state index is 3.58. The van der Waals surface area contributed by atoms with Gasteiger partial charge in [0.2, 0.25) is 0 Å². The normalized spacial score (nSPS) is 24.5. The molecular formula is C13H26N2. The third-order valence-electron chi connectivity index (χ3n) is 2.98. The standard InChI is InChI=1S/C13H26N2/c1-11(2)6-5-8-15-9-7-14-13(10-15)12(3)4/h5-6,11-14H,7-10H2,1-4H3/b6-5+/t13-/m1/s1. The van der Waals surface area contributed by atoms with Gasteiger partial charge in [0.1, 0.15) is 0 Å². The van der Waals surface area contributed by atoms with E-state index in [1.54, 1.807) is 0 Å². The number of hydrogen-bond acceptors (Lipinski definition) is 2. The van der Waals surface area contributed by atoms with Crippen LogP contribution in [0.1, 0.15) is 27.7 Å².